The van der Waals surface area contributed by atoms with Gasteiger partial charge < -0.3 is 21.5 Å². The summed E-state index contributed by atoms with van der Waals surface area (Å²) < 4.78 is 5.90. The number of hydrogen-bond acceptors (Lipinski definition) is 6. The SMILES string of the molecule is C/N=C(/N)c1c(N)cc(-c2ccc(NC(=O)NN)cc2)nc1-c1ccc(Oc2ccccc2)cc1. The van der Waals surface area contributed by atoms with Crippen LogP contribution in [0.3, 0.4) is 0 Å². The van der Waals surface area contributed by atoms with Crippen LogP contribution in [-0.4, -0.2) is 23.9 Å². The molecule has 0 radical (unpaired) electrons. The Morgan fingerprint density at radius 3 is 2.17 bits per heavy atom. The molecular weight excluding hydrogens is 442 g/mol. The van der Waals surface area contributed by atoms with Gasteiger partial charge in [0.25, 0.3) is 0 Å². The Morgan fingerprint density at radius 1 is 0.914 bits per heavy atom. The average molecular weight is 468 g/mol. The molecule has 0 saturated heterocycles. The smallest absolute Gasteiger partial charge is 0.333 e. The number of rotatable bonds is 6. The van der Waals surface area contributed by atoms with Crippen LogP contribution in [0.25, 0.3) is 22.5 Å². The molecule has 0 saturated carbocycles. The molecule has 176 valence electrons. The molecule has 8 N–H and O–H groups in total. The zero-order chi connectivity index (χ0) is 24.8. The first-order valence-electron chi connectivity index (χ1n) is 10.7. The fourth-order valence-corrected chi connectivity index (χ4v) is 3.50. The number of nitrogen functional groups attached to an aromatic ring is 1. The Bertz CT molecular complexity index is 1350. The molecule has 3 aromatic carbocycles. The van der Waals surface area contributed by atoms with Gasteiger partial charge in [-0.3, -0.25) is 10.4 Å². The Kier molecular flexibility index (Phi) is 6.89. The highest BCUT2D eigenvalue weighted by molar-refractivity contribution is 6.07. The van der Waals surface area contributed by atoms with E-state index < -0.39 is 6.03 Å². The minimum Gasteiger partial charge on any atom is -0.457 e. The van der Waals surface area contributed by atoms with Crippen molar-refractivity contribution in [1.29, 1.82) is 0 Å². The summed E-state index contributed by atoms with van der Waals surface area (Å²) in [4.78, 5) is 20.4. The molecule has 0 bridgehead atoms. The number of ether oxygens (including phenoxy) is 1. The summed E-state index contributed by atoms with van der Waals surface area (Å²) in [6.45, 7) is 0. The number of nitrogens with one attached hydrogen (secondary N) is 2. The van der Waals surface area contributed by atoms with E-state index in [1.165, 1.54) is 0 Å². The van der Waals surface area contributed by atoms with E-state index in [1.807, 2.05) is 72.2 Å². The third-order valence-electron chi connectivity index (χ3n) is 5.22. The maximum Gasteiger partial charge on any atom is 0.333 e. The van der Waals surface area contributed by atoms with Crippen LogP contribution in [0.1, 0.15) is 5.56 Å². The van der Waals surface area contributed by atoms with E-state index >= 15 is 0 Å². The van der Waals surface area contributed by atoms with E-state index in [9.17, 15) is 4.79 Å². The number of urea groups is 1. The average Bonchev–Trinajstić information content (AvgIpc) is 2.89. The molecule has 0 aliphatic carbocycles. The van der Waals surface area contributed by atoms with Crippen LogP contribution in [0.4, 0.5) is 16.2 Å². The maximum atomic E-state index is 11.4. The summed E-state index contributed by atoms with van der Waals surface area (Å²) in [5.74, 6) is 6.83. The third-order valence-corrected chi connectivity index (χ3v) is 5.22. The van der Waals surface area contributed by atoms with Crippen molar-refractivity contribution < 1.29 is 9.53 Å². The molecular formula is C26H25N7O2. The van der Waals surface area contributed by atoms with Crippen molar-refractivity contribution in [3.63, 3.8) is 0 Å². The molecule has 2 amide bonds. The number of nitrogens with two attached hydrogens (primary N) is 3. The van der Waals surface area contributed by atoms with Crippen LogP contribution >= 0.6 is 0 Å². The van der Waals surface area contributed by atoms with Crippen molar-refractivity contribution >= 4 is 23.2 Å². The third kappa shape index (κ3) is 5.37. The van der Waals surface area contributed by atoms with E-state index in [2.05, 4.69) is 10.3 Å². The molecule has 4 aromatic rings. The van der Waals surface area contributed by atoms with Gasteiger partial charge in [0.1, 0.15) is 17.3 Å². The number of carbonyl (C=O) groups excluding carboxylic acids is 1. The Balaban J connectivity index is 1.71. The number of aromatic nitrogens is 1. The lowest BCUT2D eigenvalue weighted by Crippen LogP contribution is -2.34. The predicted octanol–water partition coefficient (Wildman–Crippen LogP) is 4.12. The van der Waals surface area contributed by atoms with Crippen molar-refractivity contribution in [2.75, 3.05) is 18.1 Å². The van der Waals surface area contributed by atoms with Crippen molar-refractivity contribution in [1.82, 2.24) is 10.4 Å². The zero-order valence-electron chi connectivity index (χ0n) is 19.0. The summed E-state index contributed by atoms with van der Waals surface area (Å²) in [7, 11) is 1.60. The first-order chi connectivity index (χ1) is 17.0. The van der Waals surface area contributed by atoms with Crippen molar-refractivity contribution in [2.45, 2.75) is 0 Å². The summed E-state index contributed by atoms with van der Waals surface area (Å²) in [5.41, 5.74) is 19.1. The highest BCUT2D eigenvalue weighted by Crippen LogP contribution is 2.32. The van der Waals surface area contributed by atoms with Gasteiger partial charge in [-0.15, -0.1) is 0 Å². The van der Waals surface area contributed by atoms with Gasteiger partial charge in [0.05, 0.1) is 17.0 Å². The van der Waals surface area contributed by atoms with E-state index in [4.69, 9.17) is 27.0 Å². The number of amidine groups is 1. The monoisotopic (exact) mass is 467 g/mol. The van der Waals surface area contributed by atoms with Gasteiger partial charge in [0.15, 0.2) is 0 Å². The highest BCUT2D eigenvalue weighted by Gasteiger charge is 2.17. The summed E-state index contributed by atoms with van der Waals surface area (Å²) >= 11 is 0. The van der Waals surface area contributed by atoms with Crippen molar-refractivity contribution in [3.05, 3.63) is 90.5 Å². The molecule has 0 atom stereocenters. The second-order valence-electron chi connectivity index (χ2n) is 7.54. The Labute approximate surface area is 202 Å². The number of pyridine rings is 1. The minimum absolute atomic E-state index is 0.286. The lowest BCUT2D eigenvalue weighted by Gasteiger charge is -2.15. The van der Waals surface area contributed by atoms with Gasteiger partial charge in [-0.05, 0) is 54.6 Å². The fraction of sp³-hybridized carbons (Fsp3) is 0.0385. The van der Waals surface area contributed by atoms with E-state index in [0.29, 0.717) is 34.1 Å². The van der Waals surface area contributed by atoms with Gasteiger partial charge in [0.2, 0.25) is 0 Å². The molecule has 0 aliphatic heterocycles. The summed E-state index contributed by atoms with van der Waals surface area (Å²) in [6, 6.07) is 25.4. The van der Waals surface area contributed by atoms with Gasteiger partial charge in [-0.1, -0.05) is 30.3 Å². The summed E-state index contributed by atoms with van der Waals surface area (Å²) in [6.07, 6.45) is 0. The largest absolute Gasteiger partial charge is 0.457 e. The van der Waals surface area contributed by atoms with Gasteiger partial charge in [-0.25, -0.2) is 15.6 Å². The molecule has 9 heteroatoms. The lowest BCUT2D eigenvalue weighted by molar-refractivity contribution is 0.252. The molecule has 35 heavy (non-hydrogen) atoms. The quantitative estimate of drug-likeness (QED) is 0.0945. The fourth-order valence-electron chi connectivity index (χ4n) is 3.50. The second kappa shape index (κ2) is 10.4. The molecule has 0 spiro atoms. The second-order valence-corrected chi connectivity index (χ2v) is 7.54. The first kappa shape index (κ1) is 23.3. The molecule has 9 nitrogen and oxygen atoms in total. The van der Waals surface area contributed by atoms with Gasteiger partial charge >= 0.3 is 6.03 Å². The van der Waals surface area contributed by atoms with Crippen LogP contribution in [0.2, 0.25) is 0 Å². The number of hydrogen-bond donors (Lipinski definition) is 5. The van der Waals surface area contributed by atoms with Crippen LogP contribution in [0, 0.1) is 0 Å². The predicted molar refractivity (Wildman–Crippen MR) is 139 cm³/mol. The van der Waals surface area contributed by atoms with E-state index in [0.717, 1.165) is 16.9 Å². The molecule has 1 heterocycles. The molecule has 0 aliphatic rings. The van der Waals surface area contributed by atoms with Crippen molar-refractivity contribution in [3.8, 4) is 34.0 Å². The maximum absolute atomic E-state index is 11.4. The number of benzene rings is 3. The molecule has 1 aromatic heterocycles. The van der Waals surface area contributed by atoms with Gasteiger partial charge in [-0.2, -0.15) is 0 Å². The number of nitrogens with zero attached hydrogens (tertiary/aromatic N) is 2. The van der Waals surface area contributed by atoms with Crippen molar-refractivity contribution in [2.24, 2.45) is 16.6 Å². The van der Waals surface area contributed by atoms with Crippen LogP contribution in [-0.2, 0) is 0 Å². The topological polar surface area (TPSA) is 154 Å². The zero-order valence-corrected chi connectivity index (χ0v) is 19.0. The number of hydrazine groups is 1. The Morgan fingerprint density at radius 2 is 1.54 bits per heavy atom. The Hall–Kier alpha value is -4.89. The standard InChI is InChI=1S/C26H25N7O2/c1-30-25(28)23-21(27)15-22(16-7-11-18(12-8-16)31-26(34)33-29)32-24(23)17-9-13-20(14-10-17)35-19-5-3-2-4-6-19/h2-15H,29H2,1H3,(H2,27,32)(H2,28,30)(H2,31,33,34). The minimum atomic E-state index is -0.513. The lowest BCUT2D eigenvalue weighted by atomic mass is 10.0. The number of amides is 2. The van der Waals surface area contributed by atoms with Gasteiger partial charge in [0, 0.05) is 29.5 Å². The normalized spacial score (nSPS) is 11.1. The van der Waals surface area contributed by atoms with E-state index in [1.54, 1.807) is 25.2 Å². The number of carbonyl (C=O) groups is 1. The van der Waals surface area contributed by atoms with Crippen LogP contribution in [0.5, 0.6) is 11.5 Å². The molecule has 0 fully saturated rings. The van der Waals surface area contributed by atoms with Crippen LogP contribution in [0.15, 0.2) is 89.9 Å². The highest BCUT2D eigenvalue weighted by atomic mass is 16.5. The molecule has 4 rings (SSSR count). The first-order valence-corrected chi connectivity index (χ1v) is 10.7. The number of aliphatic imine (C=N–C) groups is 1. The number of para-hydroxylation sites is 1. The number of anilines is 2. The molecule has 0 unspecified atom stereocenters. The van der Waals surface area contributed by atoms with Crippen LogP contribution < -0.4 is 32.8 Å². The van der Waals surface area contributed by atoms with E-state index in [-0.39, 0.29) is 5.84 Å². The summed E-state index contributed by atoms with van der Waals surface area (Å²) in [5, 5.41) is 2.61.